The van der Waals surface area contributed by atoms with E-state index in [1.165, 1.54) is 7.11 Å². The molecule has 116 valence electrons. The Hall–Kier alpha value is -0.650. The van der Waals surface area contributed by atoms with Crippen LogP contribution in [0.2, 0.25) is 0 Å². The lowest BCUT2D eigenvalue weighted by atomic mass is 9.89. The van der Waals surface area contributed by atoms with Crippen molar-refractivity contribution in [2.75, 3.05) is 20.3 Å². The second kappa shape index (κ2) is 6.87. The van der Waals surface area contributed by atoms with E-state index in [2.05, 4.69) is 19.2 Å². The summed E-state index contributed by atoms with van der Waals surface area (Å²) in [6.07, 6.45) is 4.57. The number of rotatable bonds is 5. The number of hydrogen-bond acceptors (Lipinski definition) is 5. The predicted octanol–water partition coefficient (Wildman–Crippen LogP) is 1.85. The van der Waals surface area contributed by atoms with Crippen LogP contribution in [0.25, 0.3) is 0 Å². The zero-order valence-corrected chi connectivity index (χ0v) is 12.8. The van der Waals surface area contributed by atoms with E-state index in [9.17, 15) is 4.79 Å². The van der Waals surface area contributed by atoms with Crippen LogP contribution in [0, 0.1) is 5.92 Å². The first-order valence-electron chi connectivity index (χ1n) is 7.66. The van der Waals surface area contributed by atoms with Crippen molar-refractivity contribution in [2.24, 2.45) is 5.92 Å². The Kier molecular flexibility index (Phi) is 5.41. The topological polar surface area (TPSA) is 56.8 Å². The fraction of sp³-hybridized carbons (Fsp3) is 0.933. The van der Waals surface area contributed by atoms with E-state index in [0.717, 1.165) is 32.1 Å². The van der Waals surface area contributed by atoms with E-state index in [1.807, 2.05) is 0 Å². The maximum atomic E-state index is 11.8. The van der Waals surface area contributed by atoms with Gasteiger partial charge in [-0.2, -0.15) is 0 Å². The summed E-state index contributed by atoms with van der Waals surface area (Å²) in [5, 5.41) is 3.46. The molecule has 5 heteroatoms. The summed E-state index contributed by atoms with van der Waals surface area (Å²) in [6.45, 7) is 5.65. The molecule has 0 amide bonds. The van der Waals surface area contributed by atoms with E-state index in [-0.39, 0.29) is 17.8 Å². The summed E-state index contributed by atoms with van der Waals surface area (Å²) >= 11 is 0. The summed E-state index contributed by atoms with van der Waals surface area (Å²) in [6, 6.07) is 0.140. The fourth-order valence-corrected chi connectivity index (χ4v) is 3.14. The van der Waals surface area contributed by atoms with E-state index >= 15 is 0 Å². The molecule has 1 heterocycles. The van der Waals surface area contributed by atoms with Gasteiger partial charge in [-0.15, -0.1) is 0 Å². The van der Waals surface area contributed by atoms with Crippen LogP contribution in [0.3, 0.4) is 0 Å². The molecular formula is C15H27NO4. The van der Waals surface area contributed by atoms with Crippen LogP contribution in [0.1, 0.15) is 46.0 Å². The molecule has 1 unspecified atom stereocenters. The molecule has 0 aromatic heterocycles. The Balaban J connectivity index is 1.84. The molecule has 0 radical (unpaired) electrons. The van der Waals surface area contributed by atoms with Gasteiger partial charge < -0.3 is 19.5 Å². The lowest BCUT2D eigenvalue weighted by Crippen LogP contribution is -2.48. The third-order valence-electron chi connectivity index (χ3n) is 4.19. The molecule has 1 saturated heterocycles. The zero-order valence-electron chi connectivity index (χ0n) is 12.8. The highest BCUT2D eigenvalue weighted by Gasteiger charge is 2.40. The molecule has 2 rings (SSSR count). The molecule has 2 fully saturated rings. The lowest BCUT2D eigenvalue weighted by molar-refractivity contribution is -0.180. The number of ether oxygens (including phenoxy) is 3. The molecule has 0 aromatic rings. The van der Waals surface area contributed by atoms with Crippen LogP contribution in [0.5, 0.6) is 0 Å². The van der Waals surface area contributed by atoms with E-state index in [0.29, 0.717) is 25.2 Å². The normalized spacial score (nSPS) is 24.2. The first-order chi connectivity index (χ1) is 9.54. The molecule has 0 aromatic carbocycles. The summed E-state index contributed by atoms with van der Waals surface area (Å²) in [5.41, 5.74) is 0. The monoisotopic (exact) mass is 285 g/mol. The molecule has 0 bridgehead atoms. The average Bonchev–Trinajstić information content (AvgIpc) is 2.88. The molecule has 2 aliphatic rings. The number of hydrogen-bond donors (Lipinski definition) is 1. The maximum Gasteiger partial charge on any atom is 0.322 e. The number of methoxy groups -OCH3 is 1. The van der Waals surface area contributed by atoms with Gasteiger partial charge in [-0.25, -0.2) is 0 Å². The van der Waals surface area contributed by atoms with Crippen molar-refractivity contribution in [3.05, 3.63) is 0 Å². The third kappa shape index (κ3) is 3.93. The molecule has 1 atom stereocenters. The first-order valence-corrected chi connectivity index (χ1v) is 7.66. The summed E-state index contributed by atoms with van der Waals surface area (Å²) in [7, 11) is 1.45. The van der Waals surface area contributed by atoms with Crippen LogP contribution >= 0.6 is 0 Å². The smallest absolute Gasteiger partial charge is 0.322 e. The van der Waals surface area contributed by atoms with Crippen LogP contribution in [0.4, 0.5) is 0 Å². The minimum absolute atomic E-state index is 0.160. The number of esters is 1. The van der Waals surface area contributed by atoms with Crippen LogP contribution < -0.4 is 5.32 Å². The SMILES string of the molecule is COC(=O)C(CC(C)C)NC1CCC2(CC1)OCCO2. The minimum atomic E-state index is -0.336. The Bertz CT molecular complexity index is 316. The summed E-state index contributed by atoms with van der Waals surface area (Å²) in [4.78, 5) is 11.8. The molecule has 1 spiro atoms. The quantitative estimate of drug-likeness (QED) is 0.781. The van der Waals surface area contributed by atoms with Crippen molar-refractivity contribution in [2.45, 2.75) is 63.8 Å². The van der Waals surface area contributed by atoms with Gasteiger partial charge in [0.25, 0.3) is 0 Å². The highest BCUT2D eigenvalue weighted by atomic mass is 16.7. The highest BCUT2D eigenvalue weighted by molar-refractivity contribution is 5.75. The number of carbonyl (C=O) groups is 1. The van der Waals surface area contributed by atoms with Gasteiger partial charge in [-0.05, 0) is 25.2 Å². The van der Waals surface area contributed by atoms with Gasteiger partial charge in [-0.1, -0.05) is 13.8 Å². The Morgan fingerprint density at radius 1 is 1.30 bits per heavy atom. The van der Waals surface area contributed by atoms with Crippen molar-refractivity contribution in [3.63, 3.8) is 0 Å². The van der Waals surface area contributed by atoms with Crippen molar-refractivity contribution < 1.29 is 19.0 Å². The van der Waals surface area contributed by atoms with Crippen molar-refractivity contribution in [1.29, 1.82) is 0 Å². The second-order valence-corrected chi connectivity index (χ2v) is 6.25. The molecule has 1 N–H and O–H groups in total. The number of carbonyl (C=O) groups excluding carboxylic acids is 1. The minimum Gasteiger partial charge on any atom is -0.468 e. The van der Waals surface area contributed by atoms with E-state index in [1.54, 1.807) is 0 Å². The second-order valence-electron chi connectivity index (χ2n) is 6.25. The highest BCUT2D eigenvalue weighted by Crippen LogP contribution is 2.35. The summed E-state index contributed by atoms with van der Waals surface area (Å²) < 4.78 is 16.3. The van der Waals surface area contributed by atoms with Gasteiger partial charge in [0.1, 0.15) is 6.04 Å². The van der Waals surface area contributed by atoms with Crippen LogP contribution in [-0.4, -0.2) is 44.2 Å². The van der Waals surface area contributed by atoms with Crippen LogP contribution in [0.15, 0.2) is 0 Å². The molecule has 1 aliphatic carbocycles. The number of nitrogens with one attached hydrogen (secondary N) is 1. The zero-order chi connectivity index (χ0) is 14.6. The predicted molar refractivity (Wildman–Crippen MR) is 75.3 cm³/mol. The van der Waals surface area contributed by atoms with Crippen molar-refractivity contribution in [1.82, 2.24) is 5.32 Å². The lowest BCUT2D eigenvalue weighted by Gasteiger charge is -2.37. The Labute approximate surface area is 121 Å². The summed E-state index contributed by atoms with van der Waals surface area (Å²) in [5.74, 6) is -0.0350. The van der Waals surface area contributed by atoms with E-state index in [4.69, 9.17) is 14.2 Å². The van der Waals surface area contributed by atoms with E-state index < -0.39 is 0 Å². The van der Waals surface area contributed by atoms with Gasteiger partial charge in [0, 0.05) is 18.9 Å². The first kappa shape index (κ1) is 15.7. The Morgan fingerprint density at radius 3 is 2.40 bits per heavy atom. The van der Waals surface area contributed by atoms with Crippen molar-refractivity contribution >= 4 is 5.97 Å². The molecule has 20 heavy (non-hydrogen) atoms. The van der Waals surface area contributed by atoms with Gasteiger partial charge in [0.15, 0.2) is 5.79 Å². The van der Waals surface area contributed by atoms with Gasteiger partial charge >= 0.3 is 5.97 Å². The van der Waals surface area contributed by atoms with Gasteiger partial charge in [0.05, 0.1) is 20.3 Å². The maximum absolute atomic E-state index is 11.8. The average molecular weight is 285 g/mol. The molecule has 1 aliphatic heterocycles. The Morgan fingerprint density at radius 2 is 1.90 bits per heavy atom. The molecular weight excluding hydrogens is 258 g/mol. The van der Waals surface area contributed by atoms with Gasteiger partial charge in [0.2, 0.25) is 0 Å². The third-order valence-corrected chi connectivity index (χ3v) is 4.19. The van der Waals surface area contributed by atoms with Crippen LogP contribution in [-0.2, 0) is 19.0 Å². The fourth-order valence-electron chi connectivity index (χ4n) is 3.14. The van der Waals surface area contributed by atoms with Gasteiger partial charge in [-0.3, -0.25) is 4.79 Å². The molecule has 5 nitrogen and oxygen atoms in total. The largest absolute Gasteiger partial charge is 0.468 e. The molecule has 1 saturated carbocycles. The standard InChI is InChI=1S/C15H27NO4/c1-11(2)10-13(14(17)18-3)16-12-4-6-15(7-5-12)19-8-9-20-15/h11-13,16H,4-10H2,1-3H3. The van der Waals surface area contributed by atoms with Crippen molar-refractivity contribution in [3.8, 4) is 0 Å².